The molecule has 0 radical (unpaired) electrons. The van der Waals surface area contributed by atoms with Crippen LogP contribution in [0.3, 0.4) is 0 Å². The number of ether oxygens (including phenoxy) is 1. The first-order valence-corrected chi connectivity index (χ1v) is 7.73. The molecule has 0 saturated heterocycles. The maximum Gasteiger partial charge on any atom is 0.339 e. The number of hydrogen-bond donors (Lipinski definition) is 1. The largest absolute Gasteiger partial charge is 0.452 e. The summed E-state index contributed by atoms with van der Waals surface area (Å²) in [7, 11) is 0. The van der Waals surface area contributed by atoms with E-state index in [2.05, 4.69) is 21.2 Å². The first kappa shape index (κ1) is 17.1. The third kappa shape index (κ3) is 4.89. The molecule has 1 amide bonds. The Morgan fingerprint density at radius 2 is 1.91 bits per heavy atom. The predicted molar refractivity (Wildman–Crippen MR) is 87.4 cm³/mol. The average Bonchev–Trinajstić information content (AvgIpc) is 2.55. The van der Waals surface area contributed by atoms with E-state index in [4.69, 9.17) is 4.74 Å². The molecular weight excluding hydrogens is 365 g/mol. The second-order valence-corrected chi connectivity index (χ2v) is 5.75. The molecule has 0 aromatic heterocycles. The average molecular weight is 380 g/mol. The molecule has 0 aliphatic carbocycles. The highest BCUT2D eigenvalue weighted by atomic mass is 79.9. The minimum atomic E-state index is -0.765. The van der Waals surface area contributed by atoms with Gasteiger partial charge >= 0.3 is 5.97 Å². The Kier molecular flexibility index (Phi) is 5.87. The molecule has 120 valence electrons. The van der Waals surface area contributed by atoms with E-state index in [9.17, 15) is 14.0 Å². The Labute approximate surface area is 141 Å². The Hall–Kier alpha value is -2.21. The van der Waals surface area contributed by atoms with E-state index in [1.807, 2.05) is 37.3 Å². The van der Waals surface area contributed by atoms with Gasteiger partial charge in [-0.1, -0.05) is 30.3 Å². The maximum absolute atomic E-state index is 13.2. The molecule has 0 aliphatic heterocycles. The molecule has 1 N–H and O–H groups in total. The van der Waals surface area contributed by atoms with Gasteiger partial charge in [-0.3, -0.25) is 4.79 Å². The number of nitrogens with one attached hydrogen (secondary N) is 1. The maximum atomic E-state index is 13.2. The third-order valence-electron chi connectivity index (χ3n) is 3.16. The number of amides is 1. The highest BCUT2D eigenvalue weighted by Crippen LogP contribution is 2.18. The van der Waals surface area contributed by atoms with Crippen molar-refractivity contribution in [3.05, 3.63) is 69.9 Å². The van der Waals surface area contributed by atoms with Gasteiger partial charge in [0.1, 0.15) is 5.82 Å². The molecule has 1 unspecified atom stereocenters. The lowest BCUT2D eigenvalue weighted by atomic mass is 10.1. The van der Waals surface area contributed by atoms with E-state index in [1.54, 1.807) is 0 Å². The normalized spacial score (nSPS) is 11.6. The summed E-state index contributed by atoms with van der Waals surface area (Å²) in [6, 6.07) is 12.9. The standard InChI is InChI=1S/C17H15BrFNO3/c1-11(12-5-3-2-4-6-12)20-16(21)10-23-17(22)14-9-13(19)7-8-15(14)18/h2-9,11H,10H2,1H3,(H,20,21). The minimum absolute atomic E-state index is 0.0360. The number of esters is 1. The number of halogens is 2. The topological polar surface area (TPSA) is 55.4 Å². The van der Waals surface area contributed by atoms with Crippen LogP contribution in [0, 0.1) is 5.82 Å². The van der Waals surface area contributed by atoms with Gasteiger partial charge in [0.05, 0.1) is 11.6 Å². The van der Waals surface area contributed by atoms with Crippen molar-refractivity contribution >= 4 is 27.8 Å². The monoisotopic (exact) mass is 379 g/mol. The van der Waals surface area contributed by atoms with Crippen molar-refractivity contribution < 1.29 is 18.7 Å². The van der Waals surface area contributed by atoms with Crippen LogP contribution in [0.25, 0.3) is 0 Å². The Morgan fingerprint density at radius 3 is 2.61 bits per heavy atom. The Morgan fingerprint density at radius 1 is 1.22 bits per heavy atom. The number of carbonyl (C=O) groups is 2. The van der Waals surface area contributed by atoms with E-state index < -0.39 is 24.3 Å². The van der Waals surface area contributed by atoms with Crippen molar-refractivity contribution in [2.45, 2.75) is 13.0 Å². The Balaban J connectivity index is 1.89. The highest BCUT2D eigenvalue weighted by molar-refractivity contribution is 9.10. The number of carbonyl (C=O) groups excluding carboxylic acids is 2. The summed E-state index contributed by atoms with van der Waals surface area (Å²) in [5.41, 5.74) is 0.981. The molecule has 2 aromatic rings. The summed E-state index contributed by atoms with van der Waals surface area (Å²) < 4.78 is 18.5. The zero-order valence-corrected chi connectivity index (χ0v) is 14.0. The van der Waals surface area contributed by atoms with Gasteiger partial charge in [0, 0.05) is 4.47 Å². The molecule has 1 atom stereocenters. The number of benzene rings is 2. The van der Waals surface area contributed by atoms with E-state index in [1.165, 1.54) is 12.1 Å². The highest BCUT2D eigenvalue weighted by Gasteiger charge is 2.15. The summed E-state index contributed by atoms with van der Waals surface area (Å²) in [5, 5.41) is 2.73. The van der Waals surface area contributed by atoms with Crippen molar-refractivity contribution in [2.24, 2.45) is 0 Å². The fourth-order valence-electron chi connectivity index (χ4n) is 1.97. The zero-order chi connectivity index (χ0) is 16.8. The van der Waals surface area contributed by atoms with Crippen LogP contribution in [-0.2, 0) is 9.53 Å². The zero-order valence-electron chi connectivity index (χ0n) is 12.4. The predicted octanol–water partition coefficient (Wildman–Crippen LogP) is 3.62. The number of hydrogen-bond acceptors (Lipinski definition) is 3. The lowest BCUT2D eigenvalue weighted by molar-refractivity contribution is -0.124. The van der Waals surface area contributed by atoms with Gasteiger partial charge in [0.25, 0.3) is 5.91 Å². The van der Waals surface area contributed by atoms with Gasteiger partial charge in [-0.2, -0.15) is 0 Å². The van der Waals surface area contributed by atoms with Gasteiger partial charge in [0.2, 0.25) is 0 Å². The van der Waals surface area contributed by atoms with Crippen LogP contribution in [-0.4, -0.2) is 18.5 Å². The molecule has 23 heavy (non-hydrogen) atoms. The minimum Gasteiger partial charge on any atom is -0.452 e. The SMILES string of the molecule is CC(NC(=O)COC(=O)c1cc(F)ccc1Br)c1ccccc1. The second kappa shape index (κ2) is 7.87. The van der Waals surface area contributed by atoms with Gasteiger partial charge in [-0.15, -0.1) is 0 Å². The van der Waals surface area contributed by atoms with Crippen LogP contribution in [0.4, 0.5) is 4.39 Å². The van der Waals surface area contributed by atoms with Gasteiger partial charge in [-0.25, -0.2) is 9.18 Å². The molecular formula is C17H15BrFNO3. The molecule has 0 fully saturated rings. The molecule has 2 aromatic carbocycles. The summed E-state index contributed by atoms with van der Waals surface area (Å²) >= 11 is 3.14. The summed E-state index contributed by atoms with van der Waals surface area (Å²) in [6.45, 7) is 1.40. The molecule has 0 bridgehead atoms. The molecule has 6 heteroatoms. The van der Waals surface area contributed by atoms with Crippen LogP contribution in [0.1, 0.15) is 28.9 Å². The summed E-state index contributed by atoms with van der Waals surface area (Å²) in [6.07, 6.45) is 0. The van der Waals surface area contributed by atoms with Gasteiger partial charge < -0.3 is 10.1 Å². The molecule has 0 aliphatic rings. The summed E-state index contributed by atoms with van der Waals surface area (Å²) in [5.74, 6) is -1.75. The number of rotatable bonds is 5. The van der Waals surface area contributed by atoms with Crippen molar-refractivity contribution in [2.75, 3.05) is 6.61 Å². The van der Waals surface area contributed by atoms with Gasteiger partial charge in [-0.05, 0) is 46.6 Å². The van der Waals surface area contributed by atoms with Crippen LogP contribution in [0.2, 0.25) is 0 Å². The van der Waals surface area contributed by atoms with Gasteiger partial charge in [0.15, 0.2) is 6.61 Å². The quantitative estimate of drug-likeness (QED) is 0.807. The third-order valence-corrected chi connectivity index (χ3v) is 3.85. The van der Waals surface area contributed by atoms with Crippen molar-refractivity contribution in [1.29, 1.82) is 0 Å². The van der Waals surface area contributed by atoms with Crippen molar-refractivity contribution in [3.63, 3.8) is 0 Å². The summed E-state index contributed by atoms with van der Waals surface area (Å²) in [4.78, 5) is 23.7. The van der Waals surface area contributed by atoms with Crippen LogP contribution >= 0.6 is 15.9 Å². The lowest BCUT2D eigenvalue weighted by Gasteiger charge is -2.14. The van der Waals surface area contributed by atoms with E-state index in [-0.39, 0.29) is 11.6 Å². The van der Waals surface area contributed by atoms with E-state index in [0.717, 1.165) is 11.6 Å². The fraction of sp³-hybridized carbons (Fsp3) is 0.176. The molecule has 0 saturated carbocycles. The van der Waals surface area contributed by atoms with E-state index in [0.29, 0.717) is 4.47 Å². The molecule has 4 nitrogen and oxygen atoms in total. The first-order chi connectivity index (χ1) is 11.0. The lowest BCUT2D eigenvalue weighted by Crippen LogP contribution is -2.31. The molecule has 0 spiro atoms. The van der Waals surface area contributed by atoms with Crippen molar-refractivity contribution in [1.82, 2.24) is 5.32 Å². The van der Waals surface area contributed by atoms with Crippen LogP contribution < -0.4 is 5.32 Å². The smallest absolute Gasteiger partial charge is 0.339 e. The van der Waals surface area contributed by atoms with E-state index >= 15 is 0 Å². The molecule has 0 heterocycles. The van der Waals surface area contributed by atoms with Crippen molar-refractivity contribution in [3.8, 4) is 0 Å². The molecule has 2 rings (SSSR count). The fourth-order valence-corrected chi connectivity index (χ4v) is 2.38. The second-order valence-electron chi connectivity index (χ2n) is 4.90. The Bertz CT molecular complexity index is 706. The van der Waals surface area contributed by atoms with Crippen LogP contribution in [0.5, 0.6) is 0 Å². The van der Waals surface area contributed by atoms with Crippen LogP contribution in [0.15, 0.2) is 53.0 Å². The first-order valence-electron chi connectivity index (χ1n) is 6.94.